The van der Waals surface area contributed by atoms with E-state index in [1.54, 1.807) is 10.7 Å². The van der Waals surface area contributed by atoms with Gasteiger partial charge in [-0.05, 0) is 68.0 Å². The van der Waals surface area contributed by atoms with Gasteiger partial charge in [-0.2, -0.15) is 0 Å². The van der Waals surface area contributed by atoms with E-state index in [-0.39, 0.29) is 11.6 Å². The molecule has 5 heteroatoms. The van der Waals surface area contributed by atoms with Crippen LogP contribution in [0.15, 0.2) is 48.7 Å². The Kier molecular flexibility index (Phi) is 4.12. The fourth-order valence-corrected chi connectivity index (χ4v) is 2.69. The molecule has 3 rings (SSSR count). The van der Waals surface area contributed by atoms with Gasteiger partial charge in [-0.3, -0.25) is 9.47 Å². The molecule has 0 saturated carbocycles. The Bertz CT molecular complexity index is 853. The lowest BCUT2D eigenvalue weighted by atomic mass is 10.0. The molecule has 0 aliphatic rings. The summed E-state index contributed by atoms with van der Waals surface area (Å²) >= 11 is 0. The molecule has 118 valence electrons. The molecule has 0 saturated heterocycles. The number of ketones is 1. The molecule has 3 N–H and O–H groups in total. The van der Waals surface area contributed by atoms with E-state index >= 15 is 0 Å². The average molecular weight is 311 g/mol. The van der Waals surface area contributed by atoms with Crippen molar-refractivity contribution in [2.24, 2.45) is 0 Å². The molecule has 4 nitrogen and oxygen atoms in total. The van der Waals surface area contributed by atoms with Crippen molar-refractivity contribution in [1.29, 1.82) is 0 Å². The number of nitrogens with two attached hydrogens (primary N) is 1. The molecule has 0 radical (unpaired) electrons. The molecule has 2 aromatic carbocycles. The van der Waals surface area contributed by atoms with Crippen molar-refractivity contribution in [3.05, 3.63) is 71.2 Å². The van der Waals surface area contributed by atoms with Crippen molar-refractivity contribution in [1.82, 2.24) is 9.99 Å². The van der Waals surface area contributed by atoms with Crippen molar-refractivity contribution < 1.29 is 9.18 Å². The number of carbonyl (C=O) groups excluding carboxylic acids is 1. The lowest BCUT2D eigenvalue weighted by Gasteiger charge is -2.04. The van der Waals surface area contributed by atoms with Gasteiger partial charge in [0.1, 0.15) is 5.82 Å². The van der Waals surface area contributed by atoms with E-state index in [9.17, 15) is 9.18 Å². The van der Waals surface area contributed by atoms with Gasteiger partial charge < -0.3 is 11.2 Å². The van der Waals surface area contributed by atoms with Gasteiger partial charge in [-0.15, -0.1) is 0 Å². The summed E-state index contributed by atoms with van der Waals surface area (Å²) in [6, 6.07) is 11.0. The molecular weight excluding hydrogens is 293 g/mol. The zero-order valence-corrected chi connectivity index (χ0v) is 12.8. The molecule has 1 heterocycles. The molecule has 0 aliphatic heterocycles. The summed E-state index contributed by atoms with van der Waals surface area (Å²) in [7, 11) is 1.89. The third-order valence-electron chi connectivity index (χ3n) is 3.93. The molecule has 0 amide bonds. The number of rotatable bonds is 5. The molecule has 23 heavy (non-hydrogen) atoms. The maximum Gasteiger partial charge on any atom is 0.193 e. The van der Waals surface area contributed by atoms with Crippen LogP contribution < -0.4 is 11.2 Å². The molecule has 0 atom stereocenters. The van der Waals surface area contributed by atoms with Crippen molar-refractivity contribution in [3.63, 3.8) is 0 Å². The predicted octanol–water partition coefficient (Wildman–Crippen LogP) is 2.49. The van der Waals surface area contributed by atoms with E-state index in [4.69, 9.17) is 5.84 Å². The Morgan fingerprint density at radius 1 is 1.17 bits per heavy atom. The number of nitrogens with zero attached hydrogens (tertiary/aromatic N) is 1. The zero-order valence-electron chi connectivity index (χ0n) is 12.8. The van der Waals surface area contributed by atoms with Gasteiger partial charge in [0.25, 0.3) is 0 Å². The molecule has 0 aliphatic carbocycles. The maximum absolute atomic E-state index is 13.0. The van der Waals surface area contributed by atoms with Crippen LogP contribution in [0.25, 0.3) is 10.9 Å². The topological polar surface area (TPSA) is 60.1 Å². The minimum absolute atomic E-state index is 0.128. The number of halogens is 1. The van der Waals surface area contributed by atoms with Crippen LogP contribution in [0, 0.1) is 5.82 Å². The summed E-state index contributed by atoms with van der Waals surface area (Å²) in [6.07, 6.45) is 2.71. The van der Waals surface area contributed by atoms with E-state index < -0.39 is 0 Å². The normalized spacial score (nSPS) is 11.0. The first-order chi connectivity index (χ1) is 11.1. The number of hydrogen-bond acceptors (Lipinski definition) is 3. The monoisotopic (exact) mass is 311 g/mol. The number of hydrogen-bond donors (Lipinski definition) is 2. The SMILES string of the molecule is CNCCc1cn(N)c2ccc(C(=O)c3ccc(F)cc3)cc12. The second kappa shape index (κ2) is 6.22. The standard InChI is InChI=1S/C18H18FN3O/c1-21-9-8-14-11-22(20)17-7-4-13(10-16(14)17)18(23)12-2-5-15(19)6-3-12/h2-7,10-11,21H,8-9,20H2,1H3. The van der Waals surface area contributed by atoms with Crippen LogP contribution in [0.2, 0.25) is 0 Å². The van der Waals surface area contributed by atoms with E-state index in [1.807, 2.05) is 25.4 Å². The van der Waals surface area contributed by atoms with Gasteiger partial charge in [0.05, 0.1) is 5.52 Å². The Balaban J connectivity index is 2.01. The molecule has 0 unspecified atom stereocenters. The second-order valence-corrected chi connectivity index (χ2v) is 5.48. The summed E-state index contributed by atoms with van der Waals surface area (Å²) in [5, 5.41) is 4.07. The maximum atomic E-state index is 13.0. The summed E-state index contributed by atoms with van der Waals surface area (Å²) in [5.41, 5.74) is 3.01. The van der Waals surface area contributed by atoms with Crippen molar-refractivity contribution in [2.75, 3.05) is 19.4 Å². The number of carbonyl (C=O) groups is 1. The van der Waals surface area contributed by atoms with Crippen LogP contribution in [-0.2, 0) is 6.42 Å². The summed E-state index contributed by atoms with van der Waals surface area (Å²) < 4.78 is 14.6. The minimum atomic E-state index is -0.355. The molecular formula is C18H18FN3O. The number of fused-ring (bicyclic) bond motifs is 1. The zero-order chi connectivity index (χ0) is 16.4. The van der Waals surface area contributed by atoms with Crippen LogP contribution >= 0.6 is 0 Å². The van der Waals surface area contributed by atoms with Crippen LogP contribution in [0.3, 0.4) is 0 Å². The Morgan fingerprint density at radius 3 is 2.57 bits per heavy atom. The van der Waals surface area contributed by atoms with Gasteiger partial charge in [0.15, 0.2) is 5.78 Å². The van der Waals surface area contributed by atoms with Gasteiger partial charge in [0, 0.05) is 22.7 Å². The van der Waals surface area contributed by atoms with Crippen molar-refractivity contribution >= 4 is 16.7 Å². The fourth-order valence-electron chi connectivity index (χ4n) is 2.69. The fraction of sp³-hybridized carbons (Fsp3) is 0.167. The summed E-state index contributed by atoms with van der Waals surface area (Å²) in [4.78, 5) is 12.6. The number of aromatic nitrogens is 1. The highest BCUT2D eigenvalue weighted by molar-refractivity contribution is 6.10. The van der Waals surface area contributed by atoms with Crippen LogP contribution in [0.1, 0.15) is 21.5 Å². The lowest BCUT2D eigenvalue weighted by Crippen LogP contribution is -2.10. The minimum Gasteiger partial charge on any atom is -0.339 e. The van der Waals surface area contributed by atoms with Crippen molar-refractivity contribution in [3.8, 4) is 0 Å². The smallest absolute Gasteiger partial charge is 0.193 e. The van der Waals surface area contributed by atoms with Gasteiger partial charge in [-0.25, -0.2) is 4.39 Å². The Labute approximate surface area is 133 Å². The van der Waals surface area contributed by atoms with E-state index in [2.05, 4.69) is 5.32 Å². The molecule has 0 bridgehead atoms. The van der Waals surface area contributed by atoms with E-state index in [1.165, 1.54) is 24.3 Å². The Morgan fingerprint density at radius 2 is 1.87 bits per heavy atom. The number of likely N-dealkylation sites (N-methyl/N-ethyl adjacent to an activating group) is 1. The third kappa shape index (κ3) is 2.96. The number of nitrogen functional groups attached to an aromatic ring is 1. The first kappa shape index (κ1) is 15.2. The van der Waals surface area contributed by atoms with Gasteiger partial charge in [-0.1, -0.05) is 0 Å². The van der Waals surface area contributed by atoms with E-state index in [0.717, 1.165) is 29.4 Å². The highest BCUT2D eigenvalue weighted by Crippen LogP contribution is 2.23. The molecule has 3 aromatic rings. The van der Waals surface area contributed by atoms with Crippen LogP contribution in [-0.4, -0.2) is 24.1 Å². The average Bonchev–Trinajstić information content (AvgIpc) is 2.88. The Hall–Kier alpha value is -2.66. The highest BCUT2D eigenvalue weighted by Gasteiger charge is 2.13. The van der Waals surface area contributed by atoms with Gasteiger partial charge >= 0.3 is 0 Å². The number of nitrogens with one attached hydrogen (secondary N) is 1. The highest BCUT2D eigenvalue weighted by atomic mass is 19.1. The van der Waals surface area contributed by atoms with Crippen LogP contribution in [0.5, 0.6) is 0 Å². The van der Waals surface area contributed by atoms with Crippen LogP contribution in [0.4, 0.5) is 4.39 Å². The number of benzene rings is 2. The van der Waals surface area contributed by atoms with E-state index in [0.29, 0.717) is 11.1 Å². The van der Waals surface area contributed by atoms with Crippen molar-refractivity contribution in [2.45, 2.75) is 6.42 Å². The first-order valence-electron chi connectivity index (χ1n) is 7.44. The third-order valence-corrected chi connectivity index (χ3v) is 3.93. The quantitative estimate of drug-likeness (QED) is 0.562. The lowest BCUT2D eigenvalue weighted by molar-refractivity contribution is 0.103. The first-order valence-corrected chi connectivity index (χ1v) is 7.44. The summed E-state index contributed by atoms with van der Waals surface area (Å²) in [5.74, 6) is 5.49. The molecule has 1 aromatic heterocycles. The summed E-state index contributed by atoms with van der Waals surface area (Å²) in [6.45, 7) is 0.829. The molecule has 0 fully saturated rings. The molecule has 0 spiro atoms. The van der Waals surface area contributed by atoms with Gasteiger partial charge in [0.2, 0.25) is 0 Å². The largest absolute Gasteiger partial charge is 0.339 e. The predicted molar refractivity (Wildman–Crippen MR) is 89.6 cm³/mol. The second-order valence-electron chi connectivity index (χ2n) is 5.48.